The van der Waals surface area contributed by atoms with Crippen molar-refractivity contribution in [2.75, 3.05) is 7.11 Å². The summed E-state index contributed by atoms with van der Waals surface area (Å²) in [5, 5.41) is 18.4. The first kappa shape index (κ1) is 13.0. The van der Waals surface area contributed by atoms with Gasteiger partial charge in [-0.15, -0.1) is 0 Å². The predicted octanol–water partition coefficient (Wildman–Crippen LogP) is 1.79. The molecule has 0 unspecified atom stereocenters. The van der Waals surface area contributed by atoms with E-state index in [-0.39, 0.29) is 17.2 Å². The van der Waals surface area contributed by atoms with Crippen LogP contribution in [0.25, 0.3) is 0 Å². The van der Waals surface area contributed by atoms with E-state index in [0.717, 1.165) is 5.56 Å². The van der Waals surface area contributed by atoms with Crippen LogP contribution < -0.4 is 4.74 Å². The molecule has 1 aromatic carbocycles. The van der Waals surface area contributed by atoms with Crippen LogP contribution in [0, 0.1) is 0 Å². The van der Waals surface area contributed by atoms with Crippen molar-refractivity contribution in [3.8, 4) is 11.5 Å². The van der Waals surface area contributed by atoms with Gasteiger partial charge in [0.1, 0.15) is 0 Å². The monoisotopic (exact) mass is 238 g/mol. The van der Waals surface area contributed by atoms with Crippen molar-refractivity contribution < 1.29 is 24.5 Å². The van der Waals surface area contributed by atoms with Crippen molar-refractivity contribution in [1.29, 1.82) is 0 Å². The molecule has 5 heteroatoms. The fourth-order valence-electron chi connectivity index (χ4n) is 1.41. The Bertz CT molecular complexity index is 462. The summed E-state index contributed by atoms with van der Waals surface area (Å²) >= 11 is 0. The molecule has 5 nitrogen and oxygen atoms in total. The average Bonchev–Trinajstić information content (AvgIpc) is 2.27. The number of phenolic OH excluding ortho intramolecular Hbond substituents is 1. The number of hydrogen-bond donors (Lipinski definition) is 2. The number of aliphatic carboxylic acids is 1. The normalized spacial score (nSPS) is 10.4. The van der Waals surface area contributed by atoms with Crippen LogP contribution in [-0.2, 0) is 4.79 Å². The molecule has 1 rings (SSSR count). The van der Waals surface area contributed by atoms with Crippen LogP contribution in [0.1, 0.15) is 35.7 Å². The second kappa shape index (κ2) is 4.86. The maximum atomic E-state index is 11.4. The quantitative estimate of drug-likeness (QED) is 0.617. The van der Waals surface area contributed by atoms with Gasteiger partial charge in [0.2, 0.25) is 0 Å². The SMILES string of the molecule is COc1cc(C(C)C)cc(C(=O)C(=O)O)c1O. The zero-order chi connectivity index (χ0) is 13.2. The van der Waals surface area contributed by atoms with Gasteiger partial charge in [-0.05, 0) is 23.6 Å². The molecule has 0 amide bonds. The summed E-state index contributed by atoms with van der Waals surface area (Å²) in [7, 11) is 1.34. The first-order valence-electron chi connectivity index (χ1n) is 5.07. The van der Waals surface area contributed by atoms with Crippen LogP contribution in [-0.4, -0.2) is 29.1 Å². The number of methoxy groups -OCH3 is 1. The minimum Gasteiger partial charge on any atom is -0.504 e. The lowest BCUT2D eigenvalue weighted by atomic mass is 9.98. The van der Waals surface area contributed by atoms with Crippen LogP contribution >= 0.6 is 0 Å². The Balaban J connectivity index is 3.42. The summed E-state index contributed by atoms with van der Waals surface area (Å²) in [6.07, 6.45) is 0. The van der Waals surface area contributed by atoms with E-state index < -0.39 is 17.5 Å². The maximum absolute atomic E-state index is 11.4. The molecule has 0 saturated carbocycles. The highest BCUT2D eigenvalue weighted by Crippen LogP contribution is 2.34. The van der Waals surface area contributed by atoms with Gasteiger partial charge in [0, 0.05) is 0 Å². The number of ether oxygens (including phenoxy) is 1. The topological polar surface area (TPSA) is 83.8 Å². The summed E-state index contributed by atoms with van der Waals surface area (Å²) in [4.78, 5) is 22.0. The van der Waals surface area contributed by atoms with Crippen molar-refractivity contribution >= 4 is 11.8 Å². The highest BCUT2D eigenvalue weighted by molar-refractivity contribution is 6.40. The minimum absolute atomic E-state index is 0.0878. The van der Waals surface area contributed by atoms with Gasteiger partial charge in [-0.3, -0.25) is 4.79 Å². The predicted molar refractivity (Wildman–Crippen MR) is 60.7 cm³/mol. The lowest BCUT2D eigenvalue weighted by Crippen LogP contribution is -2.13. The van der Waals surface area contributed by atoms with Gasteiger partial charge in [0.15, 0.2) is 11.5 Å². The lowest BCUT2D eigenvalue weighted by Gasteiger charge is -2.12. The number of Topliss-reactive ketones (excluding diaryl/α,β-unsaturated/α-hetero) is 1. The van der Waals surface area contributed by atoms with Gasteiger partial charge >= 0.3 is 5.97 Å². The van der Waals surface area contributed by atoms with Gasteiger partial charge in [0.25, 0.3) is 5.78 Å². The largest absolute Gasteiger partial charge is 0.504 e. The van der Waals surface area contributed by atoms with E-state index in [1.807, 2.05) is 13.8 Å². The molecular weight excluding hydrogens is 224 g/mol. The summed E-state index contributed by atoms with van der Waals surface area (Å²) in [6.45, 7) is 3.78. The van der Waals surface area contributed by atoms with E-state index in [0.29, 0.717) is 0 Å². The highest BCUT2D eigenvalue weighted by atomic mass is 16.5. The molecule has 0 aliphatic heterocycles. The maximum Gasteiger partial charge on any atom is 0.377 e. The van der Waals surface area contributed by atoms with Crippen LogP contribution in [0.4, 0.5) is 0 Å². The van der Waals surface area contributed by atoms with Crippen LogP contribution in [0.5, 0.6) is 11.5 Å². The van der Waals surface area contributed by atoms with E-state index in [1.54, 1.807) is 6.07 Å². The molecule has 0 aromatic heterocycles. The third-order valence-corrected chi connectivity index (χ3v) is 2.42. The van der Waals surface area contributed by atoms with E-state index >= 15 is 0 Å². The fraction of sp³-hybridized carbons (Fsp3) is 0.333. The molecule has 0 aliphatic carbocycles. The van der Waals surface area contributed by atoms with Crippen molar-refractivity contribution in [1.82, 2.24) is 0 Å². The fourth-order valence-corrected chi connectivity index (χ4v) is 1.41. The minimum atomic E-state index is -1.61. The smallest absolute Gasteiger partial charge is 0.377 e. The number of carbonyl (C=O) groups is 2. The molecule has 1 aromatic rings. The Hall–Kier alpha value is -2.04. The number of rotatable bonds is 4. The number of phenols is 1. The first-order chi connectivity index (χ1) is 7.88. The highest BCUT2D eigenvalue weighted by Gasteiger charge is 2.22. The summed E-state index contributed by atoms with van der Waals surface area (Å²) < 4.78 is 4.91. The van der Waals surface area contributed by atoms with Crippen LogP contribution in [0.15, 0.2) is 12.1 Å². The zero-order valence-corrected chi connectivity index (χ0v) is 9.85. The van der Waals surface area contributed by atoms with Crippen molar-refractivity contribution in [2.24, 2.45) is 0 Å². The number of aromatic hydroxyl groups is 1. The summed E-state index contributed by atoms with van der Waals surface area (Å²) in [5.74, 6) is -3.01. The van der Waals surface area contributed by atoms with Crippen molar-refractivity contribution in [3.05, 3.63) is 23.3 Å². The van der Waals surface area contributed by atoms with Gasteiger partial charge in [0.05, 0.1) is 12.7 Å². The van der Waals surface area contributed by atoms with Gasteiger partial charge in [-0.25, -0.2) is 4.79 Å². The first-order valence-corrected chi connectivity index (χ1v) is 5.07. The molecule has 92 valence electrons. The summed E-state index contributed by atoms with van der Waals surface area (Å²) in [6, 6.07) is 2.96. The molecule has 0 saturated heterocycles. The molecule has 17 heavy (non-hydrogen) atoms. The van der Waals surface area contributed by atoms with Gasteiger partial charge in [-0.1, -0.05) is 13.8 Å². The molecule has 0 aliphatic rings. The van der Waals surface area contributed by atoms with Crippen LogP contribution in [0.3, 0.4) is 0 Å². The van der Waals surface area contributed by atoms with E-state index in [4.69, 9.17) is 9.84 Å². The summed E-state index contributed by atoms with van der Waals surface area (Å²) in [5.41, 5.74) is 0.477. The zero-order valence-electron chi connectivity index (χ0n) is 9.85. The number of carboxylic acid groups (broad SMARTS) is 1. The Morgan fingerprint density at radius 1 is 1.29 bits per heavy atom. The molecule has 2 N–H and O–H groups in total. The van der Waals surface area contributed by atoms with Crippen molar-refractivity contribution in [3.63, 3.8) is 0 Å². The van der Waals surface area contributed by atoms with E-state index in [9.17, 15) is 14.7 Å². The van der Waals surface area contributed by atoms with E-state index in [1.165, 1.54) is 13.2 Å². The third-order valence-electron chi connectivity index (χ3n) is 2.42. The van der Waals surface area contributed by atoms with E-state index in [2.05, 4.69) is 0 Å². The Kier molecular flexibility index (Phi) is 3.73. The molecular formula is C12H14O5. The Morgan fingerprint density at radius 3 is 2.29 bits per heavy atom. The third kappa shape index (κ3) is 2.55. The Labute approximate surface area is 98.6 Å². The Morgan fingerprint density at radius 2 is 1.88 bits per heavy atom. The van der Waals surface area contributed by atoms with Gasteiger partial charge < -0.3 is 14.9 Å². The molecule has 0 radical (unpaired) electrons. The second-order valence-corrected chi connectivity index (χ2v) is 3.91. The number of carbonyl (C=O) groups excluding carboxylic acids is 1. The van der Waals surface area contributed by atoms with Gasteiger partial charge in [-0.2, -0.15) is 0 Å². The standard InChI is InChI=1S/C12H14O5/c1-6(2)7-4-8(11(14)12(15)16)10(13)9(5-7)17-3/h4-6,13H,1-3H3,(H,15,16). The number of ketones is 1. The molecule has 0 spiro atoms. The number of hydrogen-bond acceptors (Lipinski definition) is 4. The second-order valence-electron chi connectivity index (χ2n) is 3.91. The van der Waals surface area contributed by atoms with Crippen molar-refractivity contribution in [2.45, 2.75) is 19.8 Å². The molecule has 0 heterocycles. The molecule has 0 bridgehead atoms. The lowest BCUT2D eigenvalue weighted by molar-refractivity contribution is -0.131. The average molecular weight is 238 g/mol. The number of carboxylic acids is 1. The molecule has 0 atom stereocenters. The molecule has 0 fully saturated rings. The van der Waals surface area contributed by atoms with Crippen LogP contribution in [0.2, 0.25) is 0 Å². The number of benzene rings is 1.